The lowest BCUT2D eigenvalue weighted by Crippen LogP contribution is -2.14. The van der Waals surface area contributed by atoms with Crippen molar-refractivity contribution in [2.45, 2.75) is 20.8 Å². The number of hydrogen-bond donors (Lipinski definition) is 0. The molecule has 0 spiro atoms. The van der Waals surface area contributed by atoms with Crippen LogP contribution in [0, 0.1) is 12.8 Å². The van der Waals surface area contributed by atoms with Crippen molar-refractivity contribution in [2.75, 3.05) is 14.2 Å². The number of hydrogen-bond acceptors (Lipinski definition) is 6. The highest BCUT2D eigenvalue weighted by atomic mass is 16.5. The first kappa shape index (κ1) is 19.5. The predicted octanol–water partition coefficient (Wildman–Crippen LogP) is 4.19. The van der Waals surface area contributed by atoms with Crippen LogP contribution in [0.5, 0.6) is 23.0 Å². The van der Waals surface area contributed by atoms with Gasteiger partial charge in [0.25, 0.3) is 0 Å². The third-order valence-electron chi connectivity index (χ3n) is 4.36. The summed E-state index contributed by atoms with van der Waals surface area (Å²) in [5, 5.41) is 0. The van der Waals surface area contributed by atoms with E-state index in [1.807, 2.05) is 0 Å². The highest BCUT2D eigenvalue weighted by molar-refractivity contribution is 6.15. The third-order valence-corrected chi connectivity index (χ3v) is 4.36. The Balaban J connectivity index is 1.97. The van der Waals surface area contributed by atoms with E-state index in [1.165, 1.54) is 0 Å². The number of aryl methyl sites for hydroxylation is 1. The van der Waals surface area contributed by atoms with Crippen LogP contribution in [0.4, 0.5) is 0 Å². The molecule has 2 aromatic carbocycles. The number of allylic oxidation sites excluding steroid dienone is 1. The Labute approximate surface area is 163 Å². The molecule has 3 rings (SSSR count). The molecule has 0 unspecified atom stereocenters. The molecule has 6 nitrogen and oxygen atoms in total. The third kappa shape index (κ3) is 3.71. The van der Waals surface area contributed by atoms with E-state index in [9.17, 15) is 9.59 Å². The molecule has 0 saturated carbocycles. The fourth-order valence-corrected chi connectivity index (χ4v) is 2.86. The van der Waals surface area contributed by atoms with Gasteiger partial charge in [-0.2, -0.15) is 0 Å². The molecular weight excluding hydrogens is 360 g/mol. The number of carbonyl (C=O) groups excluding carboxylic acids is 2. The van der Waals surface area contributed by atoms with Crippen molar-refractivity contribution in [3.05, 3.63) is 52.8 Å². The van der Waals surface area contributed by atoms with E-state index in [0.29, 0.717) is 39.7 Å². The maximum atomic E-state index is 12.8. The molecule has 0 bridgehead atoms. The standard InChI is InChI=1S/C22H22O6/c1-12(2)22(24)27-16-8-13(3)20-18(11-16)28-19(21(20)23)10-14-9-15(25-4)6-7-17(14)26-5/h6-12H,1-5H3/b19-10-. The Morgan fingerprint density at radius 3 is 2.46 bits per heavy atom. The number of Topliss-reactive ketones (excluding diaryl/α,β-unsaturated/α-hetero) is 1. The average Bonchev–Trinajstić information content (AvgIpc) is 2.97. The lowest BCUT2D eigenvalue weighted by Gasteiger charge is -2.09. The molecule has 28 heavy (non-hydrogen) atoms. The summed E-state index contributed by atoms with van der Waals surface area (Å²) in [4.78, 5) is 24.7. The topological polar surface area (TPSA) is 71.1 Å². The van der Waals surface area contributed by atoms with Gasteiger partial charge in [0.1, 0.15) is 23.0 Å². The number of ether oxygens (including phenoxy) is 4. The summed E-state index contributed by atoms with van der Waals surface area (Å²) in [5.41, 5.74) is 1.79. The monoisotopic (exact) mass is 382 g/mol. The zero-order valence-electron chi connectivity index (χ0n) is 16.5. The SMILES string of the molecule is COc1ccc(OC)c(/C=C2\Oc3cc(OC(=O)C(C)C)cc(C)c3C2=O)c1. The van der Waals surface area contributed by atoms with Crippen molar-refractivity contribution in [1.82, 2.24) is 0 Å². The average molecular weight is 382 g/mol. The number of carbonyl (C=O) groups is 2. The number of esters is 1. The molecule has 2 aromatic rings. The highest BCUT2D eigenvalue weighted by Crippen LogP contribution is 2.38. The van der Waals surface area contributed by atoms with Crippen LogP contribution < -0.4 is 18.9 Å². The lowest BCUT2D eigenvalue weighted by atomic mass is 10.0. The summed E-state index contributed by atoms with van der Waals surface area (Å²) in [7, 11) is 3.12. The van der Waals surface area contributed by atoms with Crippen LogP contribution in [-0.2, 0) is 4.79 Å². The number of fused-ring (bicyclic) bond motifs is 1. The molecule has 0 atom stereocenters. The minimum atomic E-state index is -0.347. The van der Waals surface area contributed by atoms with Gasteiger partial charge in [0, 0.05) is 11.6 Å². The lowest BCUT2D eigenvalue weighted by molar-refractivity contribution is -0.137. The van der Waals surface area contributed by atoms with Crippen molar-refractivity contribution < 1.29 is 28.5 Å². The Kier molecular flexibility index (Phi) is 5.40. The Hall–Kier alpha value is -3.28. The first-order valence-electron chi connectivity index (χ1n) is 8.86. The van der Waals surface area contributed by atoms with E-state index in [-0.39, 0.29) is 23.4 Å². The maximum absolute atomic E-state index is 12.8. The van der Waals surface area contributed by atoms with E-state index in [2.05, 4.69) is 0 Å². The van der Waals surface area contributed by atoms with E-state index in [1.54, 1.807) is 71.4 Å². The number of methoxy groups -OCH3 is 2. The van der Waals surface area contributed by atoms with Gasteiger partial charge in [-0.25, -0.2) is 0 Å². The zero-order chi connectivity index (χ0) is 20.4. The van der Waals surface area contributed by atoms with Gasteiger partial charge in [0.15, 0.2) is 5.76 Å². The van der Waals surface area contributed by atoms with Crippen LogP contribution in [0.1, 0.15) is 35.3 Å². The van der Waals surface area contributed by atoms with Gasteiger partial charge in [0.05, 0.1) is 25.7 Å². The van der Waals surface area contributed by atoms with Crippen LogP contribution in [-0.4, -0.2) is 26.0 Å². The van der Waals surface area contributed by atoms with Gasteiger partial charge < -0.3 is 18.9 Å². The van der Waals surface area contributed by atoms with Gasteiger partial charge in [-0.1, -0.05) is 13.8 Å². The molecule has 1 heterocycles. The van der Waals surface area contributed by atoms with Gasteiger partial charge in [0.2, 0.25) is 5.78 Å². The van der Waals surface area contributed by atoms with E-state index >= 15 is 0 Å². The van der Waals surface area contributed by atoms with Crippen LogP contribution in [0.2, 0.25) is 0 Å². The van der Waals surface area contributed by atoms with Crippen LogP contribution >= 0.6 is 0 Å². The van der Waals surface area contributed by atoms with Crippen LogP contribution in [0.25, 0.3) is 6.08 Å². The van der Waals surface area contributed by atoms with Crippen molar-refractivity contribution in [2.24, 2.45) is 5.92 Å². The summed E-state index contributed by atoms with van der Waals surface area (Å²) in [6.45, 7) is 5.29. The molecular formula is C22H22O6. The second-order valence-electron chi connectivity index (χ2n) is 6.74. The summed E-state index contributed by atoms with van der Waals surface area (Å²) < 4.78 is 21.7. The summed E-state index contributed by atoms with van der Waals surface area (Å²) in [5.74, 6) is 1.26. The minimum Gasteiger partial charge on any atom is -0.497 e. The molecule has 146 valence electrons. The minimum absolute atomic E-state index is 0.164. The number of rotatable bonds is 5. The second kappa shape index (κ2) is 7.76. The molecule has 0 N–H and O–H groups in total. The molecule has 0 aliphatic carbocycles. The smallest absolute Gasteiger partial charge is 0.313 e. The van der Waals surface area contributed by atoms with Gasteiger partial charge >= 0.3 is 5.97 Å². The van der Waals surface area contributed by atoms with E-state index in [0.717, 1.165) is 0 Å². The Morgan fingerprint density at radius 1 is 1.07 bits per heavy atom. The maximum Gasteiger partial charge on any atom is 0.313 e. The highest BCUT2D eigenvalue weighted by Gasteiger charge is 2.30. The number of benzene rings is 2. The molecule has 6 heteroatoms. The molecule has 0 saturated heterocycles. The normalized spacial score (nSPS) is 14.1. The molecule has 1 aliphatic heterocycles. The number of ketones is 1. The van der Waals surface area contributed by atoms with E-state index < -0.39 is 0 Å². The summed E-state index contributed by atoms with van der Waals surface area (Å²) in [6, 6.07) is 8.51. The Morgan fingerprint density at radius 2 is 1.82 bits per heavy atom. The first-order valence-corrected chi connectivity index (χ1v) is 8.86. The zero-order valence-corrected chi connectivity index (χ0v) is 16.5. The van der Waals surface area contributed by atoms with Gasteiger partial charge in [-0.15, -0.1) is 0 Å². The van der Waals surface area contributed by atoms with Gasteiger partial charge in [-0.3, -0.25) is 9.59 Å². The van der Waals surface area contributed by atoms with Crippen molar-refractivity contribution in [1.29, 1.82) is 0 Å². The predicted molar refractivity (Wildman–Crippen MR) is 104 cm³/mol. The largest absolute Gasteiger partial charge is 0.497 e. The molecule has 1 aliphatic rings. The van der Waals surface area contributed by atoms with Gasteiger partial charge in [-0.05, 0) is 42.8 Å². The summed E-state index contributed by atoms with van der Waals surface area (Å²) in [6.07, 6.45) is 1.61. The molecule has 0 radical (unpaired) electrons. The van der Waals surface area contributed by atoms with Crippen molar-refractivity contribution in [3.63, 3.8) is 0 Å². The van der Waals surface area contributed by atoms with Crippen LogP contribution in [0.15, 0.2) is 36.1 Å². The molecule has 0 aromatic heterocycles. The first-order chi connectivity index (χ1) is 13.3. The second-order valence-corrected chi connectivity index (χ2v) is 6.74. The quantitative estimate of drug-likeness (QED) is 0.439. The molecule has 0 amide bonds. The van der Waals surface area contributed by atoms with Crippen molar-refractivity contribution >= 4 is 17.8 Å². The summed E-state index contributed by atoms with van der Waals surface area (Å²) >= 11 is 0. The fourth-order valence-electron chi connectivity index (χ4n) is 2.86. The van der Waals surface area contributed by atoms with E-state index in [4.69, 9.17) is 18.9 Å². The molecule has 0 fully saturated rings. The Bertz CT molecular complexity index is 971. The van der Waals surface area contributed by atoms with Crippen LogP contribution in [0.3, 0.4) is 0 Å². The fraction of sp³-hybridized carbons (Fsp3) is 0.273. The van der Waals surface area contributed by atoms with Crippen molar-refractivity contribution in [3.8, 4) is 23.0 Å².